The lowest BCUT2D eigenvalue weighted by Gasteiger charge is -2.30. The van der Waals surface area contributed by atoms with Crippen molar-refractivity contribution in [3.05, 3.63) is 30.3 Å². The van der Waals surface area contributed by atoms with Gasteiger partial charge in [-0.2, -0.15) is 0 Å². The Labute approximate surface area is 122 Å². The number of anilines is 1. The van der Waals surface area contributed by atoms with E-state index in [2.05, 4.69) is 5.32 Å². The number of piperidine rings is 1. The zero-order valence-corrected chi connectivity index (χ0v) is 11.6. The van der Waals surface area contributed by atoms with Crippen LogP contribution in [0.3, 0.4) is 0 Å². The number of rotatable bonds is 2. The summed E-state index contributed by atoms with van der Waals surface area (Å²) in [6.07, 6.45) is 0.921. The van der Waals surface area contributed by atoms with Crippen LogP contribution in [0.4, 0.5) is 10.5 Å². The highest BCUT2D eigenvalue weighted by molar-refractivity contribution is 6.20. The number of fused-ring (bicyclic) bond motifs is 2. The Morgan fingerprint density at radius 1 is 1.25 bits per heavy atom. The van der Waals surface area contributed by atoms with Crippen LogP contribution in [0.15, 0.2) is 30.3 Å². The molecule has 1 aromatic rings. The first-order valence-electron chi connectivity index (χ1n) is 6.75. The lowest BCUT2D eigenvalue weighted by Crippen LogP contribution is -2.43. The Hall–Kier alpha value is -1.30. The van der Waals surface area contributed by atoms with Crippen LogP contribution >= 0.6 is 11.6 Å². The number of carbonyl (C=O) groups is 1. The second-order valence-corrected chi connectivity index (χ2v) is 5.94. The first kappa shape index (κ1) is 13.7. The van der Waals surface area contributed by atoms with Gasteiger partial charge in [-0.25, -0.2) is 4.79 Å². The molecule has 0 aromatic heterocycles. The molecule has 2 aliphatic heterocycles. The molecule has 0 saturated carbocycles. The van der Waals surface area contributed by atoms with E-state index in [0.717, 1.165) is 5.06 Å². The van der Waals surface area contributed by atoms with Crippen molar-refractivity contribution in [2.45, 2.75) is 42.8 Å². The normalized spacial score (nSPS) is 32.9. The maximum atomic E-state index is 11.9. The number of halogens is 1. The van der Waals surface area contributed by atoms with E-state index in [9.17, 15) is 10.0 Å². The van der Waals surface area contributed by atoms with Crippen LogP contribution < -0.4 is 5.32 Å². The molecule has 0 unspecified atom stereocenters. The van der Waals surface area contributed by atoms with Crippen molar-refractivity contribution in [3.8, 4) is 0 Å². The summed E-state index contributed by atoms with van der Waals surface area (Å²) in [6.45, 7) is 0. The Bertz CT molecular complexity index is 485. The predicted molar refractivity (Wildman–Crippen MR) is 73.9 cm³/mol. The van der Waals surface area contributed by atoms with Crippen LogP contribution in [0.2, 0.25) is 0 Å². The van der Waals surface area contributed by atoms with Gasteiger partial charge in [-0.3, -0.25) is 5.32 Å². The van der Waals surface area contributed by atoms with Gasteiger partial charge in [0.05, 0.1) is 6.04 Å². The van der Waals surface area contributed by atoms with Gasteiger partial charge in [-0.05, 0) is 25.0 Å². The Morgan fingerprint density at radius 2 is 2.00 bits per heavy atom. The fourth-order valence-corrected chi connectivity index (χ4v) is 3.39. The molecule has 2 fully saturated rings. The zero-order valence-electron chi connectivity index (χ0n) is 10.9. The molecule has 2 saturated heterocycles. The third-order valence-corrected chi connectivity index (χ3v) is 4.28. The molecule has 5 nitrogen and oxygen atoms in total. The number of amides is 1. The van der Waals surface area contributed by atoms with Crippen molar-refractivity contribution in [3.63, 3.8) is 0 Å². The molecule has 1 radical (unpaired) electrons. The van der Waals surface area contributed by atoms with E-state index in [-0.39, 0.29) is 23.6 Å². The minimum atomic E-state index is -0.520. The van der Waals surface area contributed by atoms with Gasteiger partial charge in [0.25, 0.3) is 0 Å². The molecule has 0 aliphatic carbocycles. The predicted octanol–water partition coefficient (Wildman–Crippen LogP) is 2.79. The molecule has 3 rings (SSSR count). The minimum Gasteiger partial charge on any atom is -0.444 e. The average Bonchev–Trinajstić information content (AvgIpc) is 2.60. The van der Waals surface area contributed by atoms with Gasteiger partial charge in [-0.15, -0.1) is 21.9 Å². The number of hydrogen-bond acceptors (Lipinski definition) is 3. The highest BCUT2D eigenvalue weighted by Crippen LogP contribution is 2.38. The smallest absolute Gasteiger partial charge is 0.411 e. The van der Waals surface area contributed by atoms with E-state index in [4.69, 9.17) is 16.3 Å². The fraction of sp³-hybridized carbons (Fsp3) is 0.500. The summed E-state index contributed by atoms with van der Waals surface area (Å²) in [5, 5.41) is 15.6. The molecular formula is C14H16ClN2O3. The van der Waals surface area contributed by atoms with Gasteiger partial charge in [0.15, 0.2) is 0 Å². The molecule has 1 amide bonds. The average molecular weight is 296 g/mol. The van der Waals surface area contributed by atoms with Gasteiger partial charge >= 0.3 is 6.09 Å². The van der Waals surface area contributed by atoms with E-state index >= 15 is 0 Å². The summed E-state index contributed by atoms with van der Waals surface area (Å²) in [5.74, 6) is 0. The summed E-state index contributed by atoms with van der Waals surface area (Å²) >= 11 is 6.12. The summed E-state index contributed by atoms with van der Waals surface area (Å²) in [4.78, 5) is 11.9. The number of ether oxygens (including phenoxy) is 1. The van der Waals surface area contributed by atoms with Gasteiger partial charge in [0.1, 0.15) is 6.10 Å². The second-order valence-electron chi connectivity index (χ2n) is 5.32. The topological polar surface area (TPSA) is 61.5 Å². The van der Waals surface area contributed by atoms with Gasteiger partial charge in [-0.1, -0.05) is 18.2 Å². The van der Waals surface area contributed by atoms with E-state index in [1.165, 1.54) is 0 Å². The quantitative estimate of drug-likeness (QED) is 0.853. The van der Waals surface area contributed by atoms with Crippen LogP contribution in [-0.4, -0.2) is 34.7 Å². The van der Waals surface area contributed by atoms with Crippen LogP contribution in [0.25, 0.3) is 0 Å². The molecule has 1 N–H and O–H groups in total. The maximum Gasteiger partial charge on any atom is 0.411 e. The first-order valence-corrected chi connectivity index (χ1v) is 7.19. The summed E-state index contributed by atoms with van der Waals surface area (Å²) in [5.41, 5.74) is 0.674. The molecule has 2 heterocycles. The van der Waals surface area contributed by atoms with Crippen molar-refractivity contribution in [1.82, 2.24) is 5.06 Å². The highest BCUT2D eigenvalue weighted by atomic mass is 35.5. The van der Waals surface area contributed by atoms with Crippen molar-refractivity contribution in [2.24, 2.45) is 0 Å². The van der Waals surface area contributed by atoms with Crippen LogP contribution in [0, 0.1) is 0 Å². The van der Waals surface area contributed by atoms with Gasteiger partial charge in [0.2, 0.25) is 0 Å². The Kier molecular flexibility index (Phi) is 3.83. The molecule has 2 aliphatic rings. The first-order chi connectivity index (χ1) is 9.63. The van der Waals surface area contributed by atoms with Crippen molar-refractivity contribution >= 4 is 23.4 Å². The lowest BCUT2D eigenvalue weighted by molar-refractivity contribution is -0.211. The minimum absolute atomic E-state index is 0.000912. The van der Waals surface area contributed by atoms with E-state index in [0.29, 0.717) is 24.9 Å². The fourth-order valence-electron chi connectivity index (χ4n) is 3.01. The van der Waals surface area contributed by atoms with E-state index in [1.54, 1.807) is 12.1 Å². The number of alkyl halides is 1. The number of nitrogens with zero attached hydrogens (tertiary/aromatic N) is 1. The van der Waals surface area contributed by atoms with Crippen molar-refractivity contribution < 1.29 is 14.7 Å². The molecule has 107 valence electrons. The maximum absolute atomic E-state index is 11.9. The summed E-state index contributed by atoms with van der Waals surface area (Å²) < 4.78 is 5.40. The molecular weight excluding hydrogens is 280 g/mol. The summed E-state index contributed by atoms with van der Waals surface area (Å²) in [7, 11) is 0. The Balaban J connectivity index is 1.60. The zero-order chi connectivity index (χ0) is 14.1. The number of benzene rings is 1. The molecule has 20 heavy (non-hydrogen) atoms. The summed E-state index contributed by atoms with van der Waals surface area (Å²) in [6, 6.07) is 8.66. The molecule has 1 aromatic carbocycles. The van der Waals surface area contributed by atoms with Gasteiger partial charge in [0, 0.05) is 23.5 Å². The largest absolute Gasteiger partial charge is 0.444 e. The van der Waals surface area contributed by atoms with Crippen LogP contribution in [0.1, 0.15) is 19.3 Å². The number of nitrogens with one attached hydrogen (secondary N) is 1. The second kappa shape index (κ2) is 5.60. The number of carbonyl (C=O) groups excluding carboxylic acids is 1. The number of hydrogen-bond donors (Lipinski definition) is 1. The molecule has 4 atom stereocenters. The standard InChI is InChI=1S/C14H16ClN2O3/c15-9-6-11-8-13(12(7-9)17(11)19)20-14(18)16-10-4-2-1-3-5-10/h1-5,9,11-13H,6-8H2,(H,16,18)/t9-,11+,12-,13+/m0/s1. The molecule has 2 bridgehead atoms. The van der Waals surface area contributed by atoms with E-state index in [1.807, 2.05) is 18.2 Å². The third-order valence-electron chi connectivity index (χ3n) is 3.92. The van der Waals surface area contributed by atoms with E-state index < -0.39 is 6.09 Å². The Morgan fingerprint density at radius 3 is 2.75 bits per heavy atom. The molecule has 6 heteroatoms. The number of hydroxylamine groups is 2. The SMILES string of the molecule is [O]N1[C@@H]2C[C@H](Cl)C[C@H]1[C@H](OC(=O)Nc1ccccc1)C2. The number of para-hydroxylation sites is 1. The molecule has 0 spiro atoms. The third kappa shape index (κ3) is 2.75. The lowest BCUT2D eigenvalue weighted by atomic mass is 10.0. The van der Waals surface area contributed by atoms with Crippen LogP contribution in [-0.2, 0) is 9.94 Å². The van der Waals surface area contributed by atoms with Gasteiger partial charge < -0.3 is 4.74 Å². The monoisotopic (exact) mass is 295 g/mol. The highest BCUT2D eigenvalue weighted by Gasteiger charge is 2.49. The van der Waals surface area contributed by atoms with Crippen molar-refractivity contribution in [2.75, 3.05) is 5.32 Å². The van der Waals surface area contributed by atoms with Crippen LogP contribution in [0.5, 0.6) is 0 Å². The van der Waals surface area contributed by atoms with Crippen molar-refractivity contribution in [1.29, 1.82) is 0 Å².